The van der Waals surface area contributed by atoms with Gasteiger partial charge in [-0.05, 0) is 38.8 Å². The Morgan fingerprint density at radius 3 is 2.05 bits per heavy atom. The van der Waals surface area contributed by atoms with Crippen molar-refractivity contribution in [2.45, 2.75) is 85.1 Å². The Kier molecular flexibility index (Phi) is 9.41. The van der Waals surface area contributed by atoms with Crippen LogP contribution in [0, 0.1) is 13.8 Å². The van der Waals surface area contributed by atoms with Crippen LogP contribution in [-0.2, 0) is 0 Å². The summed E-state index contributed by atoms with van der Waals surface area (Å²) in [5, 5.41) is 3.74. The lowest BCUT2D eigenvalue weighted by Gasteiger charge is -2.20. The molecule has 1 aromatic carbocycles. The summed E-state index contributed by atoms with van der Waals surface area (Å²) in [6.07, 6.45) is 10.8. The van der Waals surface area contributed by atoms with E-state index in [2.05, 4.69) is 51.2 Å². The third kappa shape index (κ3) is 7.66. The number of nitrogens with one attached hydrogen (secondary N) is 1. The Hall–Kier alpha value is -0.820. The summed E-state index contributed by atoms with van der Waals surface area (Å²) in [5.74, 6) is 0. The third-order valence-electron chi connectivity index (χ3n) is 4.13. The molecule has 0 saturated carbocycles. The summed E-state index contributed by atoms with van der Waals surface area (Å²) in [6.45, 7) is 10.1. The minimum Gasteiger partial charge on any atom is -0.310 e. The maximum absolute atomic E-state index is 3.74. The van der Waals surface area contributed by atoms with E-state index in [1.165, 1.54) is 68.1 Å². The SMILES string of the molecule is CCCCCCCCC(NCCC)c1cc(C)cc(C)c1. The average Bonchev–Trinajstić information content (AvgIpc) is 2.44. The molecule has 1 unspecified atom stereocenters. The van der Waals surface area contributed by atoms with Crippen LogP contribution in [0.3, 0.4) is 0 Å². The average molecular weight is 290 g/mol. The molecule has 21 heavy (non-hydrogen) atoms. The van der Waals surface area contributed by atoms with E-state index in [9.17, 15) is 0 Å². The van der Waals surface area contributed by atoms with Gasteiger partial charge in [0.05, 0.1) is 0 Å². The maximum atomic E-state index is 3.74. The molecule has 1 rings (SSSR count). The summed E-state index contributed by atoms with van der Waals surface area (Å²) in [6, 6.07) is 7.52. The first-order chi connectivity index (χ1) is 10.2. The molecule has 0 spiro atoms. The topological polar surface area (TPSA) is 12.0 Å². The van der Waals surface area contributed by atoms with E-state index in [1.54, 1.807) is 0 Å². The van der Waals surface area contributed by atoms with Crippen molar-refractivity contribution in [3.63, 3.8) is 0 Å². The number of aryl methyl sites for hydroxylation is 2. The van der Waals surface area contributed by atoms with Crippen LogP contribution in [0.4, 0.5) is 0 Å². The largest absolute Gasteiger partial charge is 0.310 e. The highest BCUT2D eigenvalue weighted by molar-refractivity contribution is 5.30. The first-order valence-corrected chi connectivity index (χ1v) is 8.99. The molecular weight excluding hydrogens is 254 g/mol. The fourth-order valence-electron chi connectivity index (χ4n) is 3.05. The first-order valence-electron chi connectivity index (χ1n) is 8.99. The quantitative estimate of drug-likeness (QED) is 0.486. The molecule has 1 N–H and O–H groups in total. The van der Waals surface area contributed by atoms with Crippen molar-refractivity contribution in [1.82, 2.24) is 5.32 Å². The summed E-state index contributed by atoms with van der Waals surface area (Å²) in [5.41, 5.74) is 4.25. The molecule has 120 valence electrons. The van der Waals surface area contributed by atoms with Gasteiger partial charge < -0.3 is 5.32 Å². The van der Waals surface area contributed by atoms with Gasteiger partial charge in [0.2, 0.25) is 0 Å². The summed E-state index contributed by atoms with van der Waals surface area (Å²) >= 11 is 0. The Labute approximate surface area is 132 Å². The van der Waals surface area contributed by atoms with E-state index >= 15 is 0 Å². The van der Waals surface area contributed by atoms with Gasteiger partial charge in [-0.3, -0.25) is 0 Å². The van der Waals surface area contributed by atoms with Crippen molar-refractivity contribution >= 4 is 0 Å². The van der Waals surface area contributed by atoms with Gasteiger partial charge in [0.1, 0.15) is 0 Å². The number of unbranched alkanes of at least 4 members (excludes halogenated alkanes) is 5. The van der Waals surface area contributed by atoms with Crippen molar-refractivity contribution in [3.05, 3.63) is 34.9 Å². The van der Waals surface area contributed by atoms with Crippen LogP contribution >= 0.6 is 0 Å². The van der Waals surface area contributed by atoms with E-state index in [-0.39, 0.29) is 0 Å². The highest BCUT2D eigenvalue weighted by Gasteiger charge is 2.11. The Morgan fingerprint density at radius 2 is 1.43 bits per heavy atom. The van der Waals surface area contributed by atoms with Crippen LogP contribution in [0.15, 0.2) is 18.2 Å². The molecule has 0 aliphatic rings. The minimum absolute atomic E-state index is 0.537. The van der Waals surface area contributed by atoms with Crippen molar-refractivity contribution in [2.24, 2.45) is 0 Å². The number of benzene rings is 1. The lowest BCUT2D eigenvalue weighted by atomic mass is 9.96. The predicted octanol–water partition coefficient (Wildman–Crippen LogP) is 6.09. The van der Waals surface area contributed by atoms with Gasteiger partial charge in [0.25, 0.3) is 0 Å². The Morgan fingerprint density at radius 1 is 0.810 bits per heavy atom. The first kappa shape index (κ1) is 18.2. The maximum Gasteiger partial charge on any atom is 0.0320 e. The van der Waals surface area contributed by atoms with Crippen molar-refractivity contribution < 1.29 is 0 Å². The highest BCUT2D eigenvalue weighted by atomic mass is 14.9. The summed E-state index contributed by atoms with van der Waals surface area (Å²) in [7, 11) is 0. The molecule has 0 aliphatic heterocycles. The third-order valence-corrected chi connectivity index (χ3v) is 4.13. The van der Waals surface area contributed by atoms with Crippen LogP contribution in [0.2, 0.25) is 0 Å². The molecule has 1 aromatic rings. The van der Waals surface area contributed by atoms with E-state index in [4.69, 9.17) is 0 Å². The smallest absolute Gasteiger partial charge is 0.0320 e. The normalized spacial score (nSPS) is 12.6. The molecule has 1 nitrogen and oxygen atoms in total. The second-order valence-electron chi connectivity index (χ2n) is 6.48. The van der Waals surface area contributed by atoms with E-state index in [0.29, 0.717) is 6.04 Å². The molecule has 0 aliphatic carbocycles. The van der Waals surface area contributed by atoms with Crippen LogP contribution < -0.4 is 5.32 Å². The molecular formula is C20H35N. The summed E-state index contributed by atoms with van der Waals surface area (Å²) in [4.78, 5) is 0. The Bertz CT molecular complexity index is 363. The molecule has 0 amide bonds. The zero-order valence-corrected chi connectivity index (χ0v) is 14.7. The van der Waals surface area contributed by atoms with Gasteiger partial charge in [-0.25, -0.2) is 0 Å². The fourth-order valence-corrected chi connectivity index (χ4v) is 3.05. The van der Waals surface area contributed by atoms with Crippen molar-refractivity contribution in [2.75, 3.05) is 6.54 Å². The second kappa shape index (κ2) is 10.8. The molecule has 0 fully saturated rings. The van der Waals surface area contributed by atoms with E-state index < -0.39 is 0 Å². The van der Waals surface area contributed by atoms with Gasteiger partial charge in [-0.2, -0.15) is 0 Å². The zero-order valence-electron chi connectivity index (χ0n) is 14.7. The second-order valence-corrected chi connectivity index (χ2v) is 6.48. The highest BCUT2D eigenvalue weighted by Crippen LogP contribution is 2.23. The minimum atomic E-state index is 0.537. The molecule has 1 atom stereocenters. The van der Waals surface area contributed by atoms with Gasteiger partial charge >= 0.3 is 0 Å². The lowest BCUT2D eigenvalue weighted by molar-refractivity contribution is 0.466. The molecule has 0 saturated heterocycles. The lowest BCUT2D eigenvalue weighted by Crippen LogP contribution is -2.22. The zero-order chi connectivity index (χ0) is 15.5. The van der Waals surface area contributed by atoms with Crippen LogP contribution in [-0.4, -0.2) is 6.54 Å². The van der Waals surface area contributed by atoms with Gasteiger partial charge in [-0.1, -0.05) is 81.7 Å². The molecule has 0 bridgehead atoms. The van der Waals surface area contributed by atoms with Crippen LogP contribution in [0.1, 0.15) is 87.9 Å². The molecule has 0 aromatic heterocycles. The standard InChI is InChI=1S/C20H35N/c1-5-7-8-9-10-11-12-20(21-13-6-2)19-15-17(3)14-18(4)16-19/h14-16,20-21H,5-13H2,1-4H3. The molecule has 1 heteroatoms. The van der Waals surface area contributed by atoms with Gasteiger partial charge in [0, 0.05) is 6.04 Å². The van der Waals surface area contributed by atoms with Crippen molar-refractivity contribution in [1.29, 1.82) is 0 Å². The monoisotopic (exact) mass is 289 g/mol. The summed E-state index contributed by atoms with van der Waals surface area (Å²) < 4.78 is 0. The molecule has 0 radical (unpaired) electrons. The van der Waals surface area contributed by atoms with Crippen LogP contribution in [0.25, 0.3) is 0 Å². The Balaban J connectivity index is 2.50. The number of hydrogen-bond donors (Lipinski definition) is 1. The van der Waals surface area contributed by atoms with E-state index in [0.717, 1.165) is 6.54 Å². The van der Waals surface area contributed by atoms with Gasteiger partial charge in [-0.15, -0.1) is 0 Å². The molecule has 0 heterocycles. The van der Waals surface area contributed by atoms with Crippen molar-refractivity contribution in [3.8, 4) is 0 Å². The number of hydrogen-bond acceptors (Lipinski definition) is 1. The van der Waals surface area contributed by atoms with E-state index in [1.807, 2.05) is 0 Å². The fraction of sp³-hybridized carbons (Fsp3) is 0.700. The number of rotatable bonds is 11. The van der Waals surface area contributed by atoms with Gasteiger partial charge in [0.15, 0.2) is 0 Å². The predicted molar refractivity (Wildman–Crippen MR) is 94.9 cm³/mol. The van der Waals surface area contributed by atoms with Crippen LogP contribution in [0.5, 0.6) is 0 Å².